The van der Waals surface area contributed by atoms with Gasteiger partial charge in [0.25, 0.3) is 0 Å². The Hall–Kier alpha value is -7.87. The van der Waals surface area contributed by atoms with E-state index in [0.717, 1.165) is 87.8 Å². The average Bonchev–Trinajstić information content (AvgIpc) is 3.69. The number of hydrogen-bond acceptors (Lipinski definition) is 4. The van der Waals surface area contributed by atoms with Crippen LogP contribution >= 0.6 is 0 Å². The molecule has 1 aliphatic heterocycles. The van der Waals surface area contributed by atoms with Gasteiger partial charge in [-0.1, -0.05) is 36.4 Å². The van der Waals surface area contributed by atoms with Crippen molar-refractivity contribution in [2.45, 2.75) is 7.85 Å². The van der Waals surface area contributed by atoms with Gasteiger partial charge >= 0.3 is 354 Å². The van der Waals surface area contributed by atoms with Crippen LogP contribution in [0.3, 0.4) is 0 Å². The monoisotopic (exact) mass is 973 g/mol. The van der Waals surface area contributed by atoms with Crippen LogP contribution < -0.4 is 18.4 Å². The van der Waals surface area contributed by atoms with E-state index >= 15 is 0 Å². The molecule has 67 heavy (non-hydrogen) atoms. The molecule has 0 spiro atoms. The summed E-state index contributed by atoms with van der Waals surface area (Å²) in [5.41, 5.74) is 14.3. The molecule has 4 nitrogen and oxygen atoms in total. The van der Waals surface area contributed by atoms with Crippen molar-refractivity contribution < 1.29 is 36.1 Å². The molecule has 1 unspecified atom stereocenters. The molecule has 318 valence electrons. The summed E-state index contributed by atoms with van der Waals surface area (Å²) in [5.74, 6) is 0. The van der Waals surface area contributed by atoms with Crippen LogP contribution in [0.1, 0.15) is 19.0 Å². The van der Waals surface area contributed by atoms with Crippen molar-refractivity contribution in [3.63, 3.8) is 0 Å². The Morgan fingerprint density at radius 2 is 0.552 bits per heavy atom. The standard InChI is InChI=1S/C62H38IO4/c1-5-13-37(14-6-1)39-21-25-53-45(29-39)49-33-51-47-31-41(23-27-55(47)66-59(51)35-57(49)64-53)61-62(63(61,43-17-9-3-10-18-43)44-19-11-4-12-20-44)42-24-28-56-48(32-42)52-34-50-46-30-40(38-15-7-2-8-16-38)22-26-54(46)65-58(50)36-60(52)67-56/h1-36,61-62H/q-1/t61-,62?/m0/s1. The van der Waals surface area contributed by atoms with Crippen LogP contribution in [0.4, 0.5) is 0 Å². The van der Waals surface area contributed by atoms with Crippen LogP contribution in [0.2, 0.25) is 0 Å². The van der Waals surface area contributed by atoms with Crippen molar-refractivity contribution in [1.29, 1.82) is 0 Å². The normalized spacial score (nSPS) is 16.4. The minimum absolute atomic E-state index is 0.300. The number of rotatable bonds is 6. The van der Waals surface area contributed by atoms with E-state index in [1.165, 1.54) is 40.5 Å². The van der Waals surface area contributed by atoms with Crippen LogP contribution in [-0.2, 0) is 0 Å². The number of benzene rings is 10. The third-order valence-corrected chi connectivity index (χ3v) is 26.0. The van der Waals surface area contributed by atoms with Crippen LogP contribution in [0, 0.1) is 7.14 Å². The van der Waals surface area contributed by atoms with Gasteiger partial charge in [0.15, 0.2) is 0 Å². The second-order valence-electron chi connectivity index (χ2n) is 17.8. The molecule has 1 fully saturated rings. The van der Waals surface area contributed by atoms with Gasteiger partial charge in [0.2, 0.25) is 0 Å². The third kappa shape index (κ3) is 5.52. The van der Waals surface area contributed by atoms with Gasteiger partial charge in [-0.15, -0.1) is 0 Å². The Labute approximate surface area is 388 Å². The molecule has 4 aromatic heterocycles. The molecule has 14 aromatic rings. The topological polar surface area (TPSA) is 52.6 Å². The van der Waals surface area contributed by atoms with Gasteiger partial charge in [0, 0.05) is 0 Å². The molecule has 0 radical (unpaired) electrons. The van der Waals surface area contributed by atoms with Crippen molar-refractivity contribution in [3.05, 3.63) is 237 Å². The molecule has 5 heterocycles. The van der Waals surface area contributed by atoms with E-state index in [2.05, 4.69) is 218 Å². The minimum atomic E-state index is -3.17. The zero-order valence-corrected chi connectivity index (χ0v) is 38.1. The van der Waals surface area contributed by atoms with Gasteiger partial charge in [-0.05, 0) is 0 Å². The van der Waals surface area contributed by atoms with Crippen molar-refractivity contribution in [2.75, 3.05) is 0 Å². The first-order valence-corrected chi connectivity index (χ1v) is 27.4. The molecular formula is C62H38IO4-. The van der Waals surface area contributed by atoms with E-state index in [1.807, 2.05) is 0 Å². The minimum Gasteiger partial charge on any atom is -0.0617 e. The molecular weight excluding hydrogens is 936 g/mol. The fourth-order valence-corrected chi connectivity index (χ4v) is 25.3. The first kappa shape index (κ1) is 37.4. The van der Waals surface area contributed by atoms with E-state index in [0.29, 0.717) is 7.85 Å². The second kappa shape index (κ2) is 14.1. The van der Waals surface area contributed by atoms with E-state index < -0.39 is 18.4 Å². The quantitative estimate of drug-likeness (QED) is 0.123. The molecule has 5 heteroatoms. The summed E-state index contributed by atoms with van der Waals surface area (Å²) in [6.45, 7) is 0. The van der Waals surface area contributed by atoms with Crippen molar-refractivity contribution in [3.8, 4) is 22.3 Å². The Balaban J connectivity index is 0.912. The summed E-state index contributed by atoms with van der Waals surface area (Å²) < 4.78 is 29.7. The maximum absolute atomic E-state index is 6.64. The predicted molar refractivity (Wildman–Crippen MR) is 269 cm³/mol. The second-order valence-corrected chi connectivity index (χ2v) is 26.7. The smallest absolute Gasteiger partial charge is 0.0617 e. The molecule has 10 aromatic carbocycles. The third-order valence-electron chi connectivity index (χ3n) is 14.1. The zero-order chi connectivity index (χ0) is 43.8. The first-order chi connectivity index (χ1) is 33.2. The average molecular weight is 974 g/mol. The SMILES string of the molecule is c1ccc(-c2ccc3oc4cc5oc6ccc(C7[C@H](c8ccc9oc%10cc%11oc%12ccc(-c%13ccccc%13)cc%12c%11cc%10c9c8)[I-]7(c7ccccc7)c7ccccc7)cc6c5cc4c3c2)cc1. The summed E-state index contributed by atoms with van der Waals surface area (Å²) in [7, 11) is 0. The molecule has 0 amide bonds. The van der Waals surface area contributed by atoms with Gasteiger partial charge in [-0.2, -0.15) is 0 Å². The molecule has 0 aliphatic carbocycles. The number of furan rings is 4. The Bertz CT molecular complexity index is 4000. The first-order valence-electron chi connectivity index (χ1n) is 22.8. The van der Waals surface area contributed by atoms with Gasteiger partial charge in [-0.3, -0.25) is 0 Å². The fraction of sp³-hybridized carbons (Fsp3) is 0.0323. The molecule has 0 N–H and O–H groups in total. The van der Waals surface area contributed by atoms with Gasteiger partial charge in [0.1, 0.15) is 0 Å². The van der Waals surface area contributed by atoms with Crippen LogP contribution in [0.5, 0.6) is 0 Å². The summed E-state index contributed by atoms with van der Waals surface area (Å²) in [6.07, 6.45) is 0. The molecule has 0 bridgehead atoms. The van der Waals surface area contributed by atoms with Gasteiger partial charge < -0.3 is 0 Å². The predicted octanol–water partition coefficient (Wildman–Crippen LogP) is 14.3. The van der Waals surface area contributed by atoms with Crippen molar-refractivity contribution in [1.82, 2.24) is 0 Å². The molecule has 15 rings (SSSR count). The van der Waals surface area contributed by atoms with Crippen LogP contribution in [-0.4, -0.2) is 0 Å². The molecule has 0 saturated carbocycles. The van der Waals surface area contributed by atoms with E-state index in [1.54, 1.807) is 0 Å². The zero-order valence-electron chi connectivity index (χ0n) is 36.0. The summed E-state index contributed by atoms with van der Waals surface area (Å²) in [6, 6.07) is 79.5. The van der Waals surface area contributed by atoms with Crippen molar-refractivity contribution >= 4 is 87.8 Å². The van der Waals surface area contributed by atoms with Crippen molar-refractivity contribution in [2.24, 2.45) is 0 Å². The summed E-state index contributed by atoms with van der Waals surface area (Å²) in [4.78, 5) is 0. The fourth-order valence-electron chi connectivity index (χ4n) is 11.0. The molecule has 1 saturated heterocycles. The molecule has 1 aliphatic rings. The Kier molecular flexibility index (Phi) is 7.84. The Morgan fingerprint density at radius 3 is 0.925 bits per heavy atom. The van der Waals surface area contributed by atoms with Crippen LogP contribution in [0.25, 0.3) is 110 Å². The van der Waals surface area contributed by atoms with Crippen LogP contribution in [0.15, 0.2) is 236 Å². The number of halogens is 1. The number of hydrogen-bond donors (Lipinski definition) is 0. The maximum atomic E-state index is 6.64. The van der Waals surface area contributed by atoms with E-state index in [9.17, 15) is 0 Å². The number of alkyl halides is 2. The summed E-state index contributed by atoms with van der Waals surface area (Å²) >= 11 is -3.17. The van der Waals surface area contributed by atoms with Gasteiger partial charge in [-0.25, -0.2) is 0 Å². The molecule has 2 atom stereocenters. The number of fused-ring (bicyclic) bond motifs is 12. The summed E-state index contributed by atoms with van der Waals surface area (Å²) in [5, 5.41) is 8.87. The Morgan fingerprint density at radius 1 is 0.239 bits per heavy atom. The van der Waals surface area contributed by atoms with E-state index in [-0.39, 0.29) is 0 Å². The van der Waals surface area contributed by atoms with Gasteiger partial charge in [0.05, 0.1) is 0 Å². The van der Waals surface area contributed by atoms with E-state index in [4.69, 9.17) is 17.7 Å².